The molecular formula is C22H22ClN3S. The number of halogens is 1. The van der Waals surface area contributed by atoms with Gasteiger partial charge >= 0.3 is 0 Å². The summed E-state index contributed by atoms with van der Waals surface area (Å²) in [5.41, 5.74) is 5.51. The van der Waals surface area contributed by atoms with E-state index in [0.29, 0.717) is 18.2 Å². The van der Waals surface area contributed by atoms with Crippen molar-refractivity contribution < 1.29 is 0 Å². The summed E-state index contributed by atoms with van der Waals surface area (Å²) in [6.07, 6.45) is 3.65. The van der Waals surface area contributed by atoms with Crippen LogP contribution in [0, 0.1) is 13.8 Å². The van der Waals surface area contributed by atoms with Crippen molar-refractivity contribution in [1.82, 2.24) is 9.88 Å². The Morgan fingerprint density at radius 3 is 2.44 bits per heavy atom. The molecule has 138 valence electrons. The fourth-order valence-corrected chi connectivity index (χ4v) is 3.11. The second kappa shape index (κ2) is 8.98. The van der Waals surface area contributed by atoms with Gasteiger partial charge in [0.15, 0.2) is 5.11 Å². The zero-order valence-electron chi connectivity index (χ0n) is 15.4. The molecule has 27 heavy (non-hydrogen) atoms. The molecule has 1 heterocycles. The van der Waals surface area contributed by atoms with Crippen LogP contribution in [0.25, 0.3) is 0 Å². The predicted molar refractivity (Wildman–Crippen MR) is 117 cm³/mol. The molecule has 0 unspecified atom stereocenters. The topological polar surface area (TPSA) is 28.2 Å². The van der Waals surface area contributed by atoms with E-state index in [0.717, 1.165) is 21.8 Å². The first-order valence-corrected chi connectivity index (χ1v) is 9.56. The van der Waals surface area contributed by atoms with E-state index in [9.17, 15) is 0 Å². The van der Waals surface area contributed by atoms with Gasteiger partial charge in [-0.2, -0.15) is 0 Å². The molecule has 0 aliphatic rings. The van der Waals surface area contributed by atoms with E-state index in [1.54, 1.807) is 6.20 Å². The number of nitrogens with zero attached hydrogens (tertiary/aromatic N) is 2. The summed E-state index contributed by atoms with van der Waals surface area (Å²) in [5.74, 6) is 0. The molecule has 0 spiro atoms. The van der Waals surface area contributed by atoms with Gasteiger partial charge in [0.2, 0.25) is 0 Å². The van der Waals surface area contributed by atoms with Crippen molar-refractivity contribution in [2.24, 2.45) is 0 Å². The predicted octanol–water partition coefficient (Wildman–Crippen LogP) is 5.75. The third-order valence-corrected chi connectivity index (χ3v) is 5.07. The average Bonchev–Trinajstić information content (AvgIpc) is 2.67. The highest BCUT2D eigenvalue weighted by Gasteiger charge is 2.12. The van der Waals surface area contributed by atoms with Crippen LogP contribution in [0.5, 0.6) is 0 Å². The lowest BCUT2D eigenvalue weighted by molar-refractivity contribution is 0.412. The Bertz CT molecular complexity index is 911. The monoisotopic (exact) mass is 395 g/mol. The molecule has 3 rings (SSSR count). The molecular weight excluding hydrogens is 374 g/mol. The first-order valence-electron chi connectivity index (χ1n) is 8.78. The number of hydrogen-bond acceptors (Lipinski definition) is 2. The normalized spacial score (nSPS) is 10.5. The fraction of sp³-hybridized carbons (Fsp3) is 0.182. The fourth-order valence-electron chi connectivity index (χ4n) is 2.75. The quantitative estimate of drug-likeness (QED) is 0.556. The summed E-state index contributed by atoms with van der Waals surface area (Å²) < 4.78 is 0. The minimum absolute atomic E-state index is 0.668. The molecule has 0 atom stereocenters. The highest BCUT2D eigenvalue weighted by molar-refractivity contribution is 7.80. The Hall–Kier alpha value is -2.43. The molecule has 3 aromatic rings. The van der Waals surface area contributed by atoms with Gasteiger partial charge in [-0.15, -0.1) is 0 Å². The molecule has 1 N–H and O–H groups in total. The largest absolute Gasteiger partial charge is 0.340 e. The van der Waals surface area contributed by atoms with Gasteiger partial charge in [0.1, 0.15) is 0 Å². The Kier molecular flexibility index (Phi) is 6.43. The summed E-state index contributed by atoms with van der Waals surface area (Å²) in [4.78, 5) is 6.36. The van der Waals surface area contributed by atoms with Gasteiger partial charge in [-0.1, -0.05) is 47.5 Å². The van der Waals surface area contributed by atoms with E-state index < -0.39 is 0 Å². The van der Waals surface area contributed by atoms with E-state index in [1.165, 1.54) is 11.1 Å². The van der Waals surface area contributed by atoms with Gasteiger partial charge in [0.05, 0.1) is 0 Å². The number of rotatable bonds is 5. The van der Waals surface area contributed by atoms with E-state index in [1.807, 2.05) is 37.4 Å². The van der Waals surface area contributed by atoms with Gasteiger partial charge in [0, 0.05) is 36.2 Å². The van der Waals surface area contributed by atoms with Gasteiger partial charge in [-0.05, 0) is 67.0 Å². The lowest BCUT2D eigenvalue weighted by Crippen LogP contribution is -2.33. The molecule has 5 heteroatoms. The maximum Gasteiger partial charge on any atom is 0.174 e. The molecule has 0 saturated heterocycles. The highest BCUT2D eigenvalue weighted by atomic mass is 35.5. The number of anilines is 1. The van der Waals surface area contributed by atoms with Crippen molar-refractivity contribution in [3.63, 3.8) is 0 Å². The summed E-state index contributed by atoms with van der Waals surface area (Å²) in [6.45, 7) is 5.47. The van der Waals surface area contributed by atoms with Gasteiger partial charge in [-0.25, -0.2) is 0 Å². The smallest absolute Gasteiger partial charge is 0.174 e. The van der Waals surface area contributed by atoms with Crippen molar-refractivity contribution in [1.29, 1.82) is 0 Å². The van der Waals surface area contributed by atoms with E-state index in [-0.39, 0.29) is 0 Å². The Morgan fingerprint density at radius 2 is 1.78 bits per heavy atom. The molecule has 0 amide bonds. The van der Waals surface area contributed by atoms with Crippen LogP contribution in [0.3, 0.4) is 0 Å². The second-order valence-corrected chi connectivity index (χ2v) is 7.39. The maximum atomic E-state index is 6.13. The summed E-state index contributed by atoms with van der Waals surface area (Å²) in [5, 5.41) is 4.76. The molecule has 0 aliphatic heterocycles. The lowest BCUT2D eigenvalue weighted by atomic mass is 10.1. The zero-order valence-corrected chi connectivity index (χ0v) is 17.0. The third-order valence-electron chi connectivity index (χ3n) is 4.29. The van der Waals surface area contributed by atoms with E-state index in [4.69, 9.17) is 23.8 Å². The van der Waals surface area contributed by atoms with Crippen LogP contribution >= 0.6 is 23.8 Å². The number of thiocarbonyl (C=S) groups is 1. The molecule has 0 bridgehead atoms. The molecule has 1 aromatic heterocycles. The number of aromatic nitrogens is 1. The number of nitrogens with one attached hydrogen (secondary N) is 1. The molecule has 0 fully saturated rings. The van der Waals surface area contributed by atoms with Gasteiger partial charge in [-0.3, -0.25) is 4.98 Å². The van der Waals surface area contributed by atoms with Crippen molar-refractivity contribution in [3.8, 4) is 0 Å². The van der Waals surface area contributed by atoms with Crippen molar-refractivity contribution >= 4 is 34.6 Å². The Morgan fingerprint density at radius 1 is 1.04 bits per heavy atom. The third kappa shape index (κ3) is 5.52. The Balaban J connectivity index is 1.79. The van der Waals surface area contributed by atoms with Crippen LogP contribution in [0.1, 0.15) is 22.3 Å². The molecule has 0 radical (unpaired) electrons. The minimum atomic E-state index is 0.668. The lowest BCUT2D eigenvalue weighted by Gasteiger charge is -2.26. The van der Waals surface area contributed by atoms with Crippen LogP contribution < -0.4 is 5.32 Å². The highest BCUT2D eigenvalue weighted by Crippen LogP contribution is 2.20. The van der Waals surface area contributed by atoms with Crippen LogP contribution in [-0.2, 0) is 13.1 Å². The van der Waals surface area contributed by atoms with Gasteiger partial charge in [0.25, 0.3) is 0 Å². The first kappa shape index (κ1) is 19.3. The van der Waals surface area contributed by atoms with Crippen LogP contribution in [0.4, 0.5) is 5.69 Å². The molecule has 3 nitrogen and oxygen atoms in total. The molecule has 2 aromatic carbocycles. The van der Waals surface area contributed by atoms with Crippen molar-refractivity contribution in [2.75, 3.05) is 5.32 Å². The first-order chi connectivity index (χ1) is 13.0. The van der Waals surface area contributed by atoms with E-state index in [2.05, 4.69) is 52.5 Å². The average molecular weight is 396 g/mol. The van der Waals surface area contributed by atoms with Crippen LogP contribution in [0.15, 0.2) is 67.0 Å². The zero-order chi connectivity index (χ0) is 19.2. The Labute approximate surface area is 171 Å². The van der Waals surface area contributed by atoms with E-state index >= 15 is 0 Å². The van der Waals surface area contributed by atoms with Crippen LogP contribution in [-0.4, -0.2) is 15.0 Å². The molecule has 0 aliphatic carbocycles. The molecule has 0 saturated carbocycles. The summed E-state index contributed by atoms with van der Waals surface area (Å²) in [7, 11) is 0. The minimum Gasteiger partial charge on any atom is -0.340 e. The van der Waals surface area contributed by atoms with Crippen molar-refractivity contribution in [2.45, 2.75) is 26.9 Å². The van der Waals surface area contributed by atoms with Crippen molar-refractivity contribution in [3.05, 3.63) is 94.3 Å². The number of aryl methyl sites for hydroxylation is 2. The number of hydrogen-bond donors (Lipinski definition) is 1. The maximum absolute atomic E-state index is 6.13. The van der Waals surface area contributed by atoms with Crippen LogP contribution in [0.2, 0.25) is 5.02 Å². The SMILES string of the molecule is Cc1ccc(CN(Cc2cccnc2)C(=S)Nc2ccc(Cl)c(C)c2)cc1. The van der Waals surface area contributed by atoms with Gasteiger partial charge < -0.3 is 10.2 Å². The summed E-state index contributed by atoms with van der Waals surface area (Å²) >= 11 is 11.8. The number of benzene rings is 2. The number of pyridine rings is 1. The second-order valence-electron chi connectivity index (χ2n) is 6.60. The summed E-state index contributed by atoms with van der Waals surface area (Å²) in [6, 6.07) is 18.4. The standard InChI is InChI=1S/C22H22ClN3S/c1-16-5-7-18(8-6-16)14-26(15-19-4-3-11-24-13-19)22(27)25-20-9-10-21(23)17(2)12-20/h3-13H,14-15H2,1-2H3,(H,25,27).